The number of fused-ring (bicyclic) bond motifs is 1. The van der Waals surface area contributed by atoms with Crippen molar-refractivity contribution in [1.29, 1.82) is 0 Å². The van der Waals surface area contributed by atoms with E-state index in [0.29, 0.717) is 5.69 Å². The molecule has 1 aromatic carbocycles. The average molecular weight is 246 g/mol. The van der Waals surface area contributed by atoms with Gasteiger partial charge in [-0.25, -0.2) is 0 Å². The molecule has 1 amide bonds. The van der Waals surface area contributed by atoms with Gasteiger partial charge in [-0.15, -0.1) is 0 Å². The lowest BCUT2D eigenvalue weighted by molar-refractivity contribution is -0.122. The molecule has 2 aromatic rings. The van der Waals surface area contributed by atoms with Crippen LogP contribution in [-0.4, -0.2) is 16.6 Å². The van der Waals surface area contributed by atoms with Crippen LogP contribution >= 0.6 is 0 Å². The summed E-state index contributed by atoms with van der Waals surface area (Å²) >= 11 is 0. The third kappa shape index (κ3) is 2.70. The Kier molecular flexibility index (Phi) is 3.36. The Labute approximate surface area is 106 Å². The van der Waals surface area contributed by atoms with Crippen LogP contribution in [0.4, 0.5) is 0 Å². The van der Waals surface area contributed by atoms with Gasteiger partial charge in [-0.3, -0.25) is 4.79 Å². The van der Waals surface area contributed by atoms with Crippen LogP contribution in [0, 0.1) is 0 Å². The van der Waals surface area contributed by atoms with Gasteiger partial charge in [-0.2, -0.15) is 0 Å². The molecular formula is C14H18N2O2. The number of hydrogen-bond donors (Lipinski definition) is 1. The maximum atomic E-state index is 11.9. The highest BCUT2D eigenvalue weighted by atomic mass is 16.5. The first-order chi connectivity index (χ1) is 8.52. The van der Waals surface area contributed by atoms with Crippen LogP contribution in [-0.2, 0) is 11.2 Å². The Morgan fingerprint density at radius 2 is 2.11 bits per heavy atom. The summed E-state index contributed by atoms with van der Waals surface area (Å²) in [7, 11) is 0. The number of benzene rings is 1. The maximum Gasteiger partial charge on any atom is 0.226 e. The van der Waals surface area contributed by atoms with Gasteiger partial charge in [0.15, 0.2) is 5.58 Å². The molecule has 0 fully saturated rings. The third-order valence-electron chi connectivity index (χ3n) is 3.14. The van der Waals surface area contributed by atoms with E-state index in [2.05, 4.69) is 10.5 Å². The minimum absolute atomic E-state index is 0.0269. The molecule has 18 heavy (non-hydrogen) atoms. The minimum Gasteiger partial charge on any atom is -0.356 e. The quantitative estimate of drug-likeness (QED) is 0.902. The van der Waals surface area contributed by atoms with Gasteiger partial charge < -0.3 is 9.84 Å². The molecule has 0 saturated heterocycles. The molecule has 1 N–H and O–H groups in total. The molecule has 4 heteroatoms. The number of nitrogens with zero attached hydrogens (tertiary/aromatic N) is 1. The zero-order chi connectivity index (χ0) is 13.2. The van der Waals surface area contributed by atoms with Crippen LogP contribution in [0.3, 0.4) is 0 Å². The minimum atomic E-state index is -0.184. The van der Waals surface area contributed by atoms with Crippen molar-refractivity contribution in [2.75, 3.05) is 0 Å². The second-order valence-electron chi connectivity index (χ2n) is 5.09. The molecule has 0 saturated carbocycles. The molecule has 0 aliphatic carbocycles. The van der Waals surface area contributed by atoms with Crippen molar-refractivity contribution in [2.45, 2.75) is 39.2 Å². The number of aromatic nitrogens is 1. The fraction of sp³-hybridized carbons (Fsp3) is 0.429. The third-order valence-corrected chi connectivity index (χ3v) is 3.14. The van der Waals surface area contributed by atoms with E-state index in [1.54, 1.807) is 0 Å². The molecule has 0 unspecified atom stereocenters. The van der Waals surface area contributed by atoms with Crippen molar-refractivity contribution in [2.24, 2.45) is 0 Å². The van der Waals surface area contributed by atoms with Gasteiger partial charge >= 0.3 is 0 Å². The molecule has 0 aliphatic heterocycles. The average Bonchev–Trinajstić information content (AvgIpc) is 2.72. The predicted octanol–water partition coefficient (Wildman–Crippen LogP) is 2.68. The van der Waals surface area contributed by atoms with Crippen molar-refractivity contribution in [1.82, 2.24) is 10.5 Å². The van der Waals surface area contributed by atoms with Crippen LogP contribution in [0.25, 0.3) is 11.0 Å². The summed E-state index contributed by atoms with van der Waals surface area (Å²) in [5.74, 6) is -0.0269. The molecular weight excluding hydrogens is 228 g/mol. The smallest absolute Gasteiger partial charge is 0.226 e. The zero-order valence-corrected chi connectivity index (χ0v) is 11.0. The normalized spacial score (nSPS) is 11.7. The van der Waals surface area contributed by atoms with Crippen LogP contribution in [0.1, 0.15) is 32.9 Å². The number of carbonyl (C=O) groups is 1. The predicted molar refractivity (Wildman–Crippen MR) is 70.2 cm³/mol. The van der Waals surface area contributed by atoms with Gasteiger partial charge in [0.2, 0.25) is 5.91 Å². The number of amides is 1. The number of hydrogen-bond acceptors (Lipinski definition) is 3. The number of rotatable bonds is 4. The van der Waals surface area contributed by atoms with Gasteiger partial charge in [-0.05, 0) is 32.4 Å². The first-order valence-corrected chi connectivity index (χ1v) is 6.16. The van der Waals surface area contributed by atoms with E-state index >= 15 is 0 Å². The molecule has 1 heterocycles. The topological polar surface area (TPSA) is 55.1 Å². The summed E-state index contributed by atoms with van der Waals surface area (Å²) in [5, 5.41) is 7.85. The van der Waals surface area contributed by atoms with Crippen molar-refractivity contribution in [3.05, 3.63) is 30.0 Å². The van der Waals surface area contributed by atoms with E-state index in [1.807, 2.05) is 45.0 Å². The fourth-order valence-corrected chi connectivity index (χ4v) is 1.73. The molecule has 4 nitrogen and oxygen atoms in total. The van der Waals surface area contributed by atoms with E-state index in [9.17, 15) is 4.79 Å². The van der Waals surface area contributed by atoms with E-state index in [1.165, 1.54) is 0 Å². The molecule has 1 aromatic heterocycles. The summed E-state index contributed by atoms with van der Waals surface area (Å²) in [5.41, 5.74) is 1.22. The van der Waals surface area contributed by atoms with E-state index in [4.69, 9.17) is 4.52 Å². The Hall–Kier alpha value is -1.84. The van der Waals surface area contributed by atoms with Crippen LogP contribution < -0.4 is 5.32 Å². The fourth-order valence-electron chi connectivity index (χ4n) is 1.73. The first-order valence-electron chi connectivity index (χ1n) is 6.16. The molecule has 0 aliphatic rings. The molecule has 0 spiro atoms. The molecule has 2 rings (SSSR count). The van der Waals surface area contributed by atoms with Gasteiger partial charge in [0, 0.05) is 10.9 Å². The van der Waals surface area contributed by atoms with E-state index in [0.717, 1.165) is 17.4 Å². The summed E-state index contributed by atoms with van der Waals surface area (Å²) in [6, 6.07) is 7.56. The standard InChI is InChI=1S/C14H18N2O2/c1-4-14(2,3)15-13(17)9-11-10-7-5-6-8-12(10)18-16-11/h5-8H,4,9H2,1-3H3,(H,15,17). The summed E-state index contributed by atoms with van der Waals surface area (Å²) in [4.78, 5) is 11.9. The molecule has 0 bridgehead atoms. The number of nitrogens with one attached hydrogen (secondary N) is 1. The second kappa shape index (κ2) is 4.80. The SMILES string of the molecule is CCC(C)(C)NC(=O)Cc1noc2ccccc12. The molecule has 0 radical (unpaired) electrons. The Bertz CT molecular complexity index is 558. The lowest BCUT2D eigenvalue weighted by Crippen LogP contribution is -2.43. The highest BCUT2D eigenvalue weighted by Crippen LogP contribution is 2.18. The van der Waals surface area contributed by atoms with Gasteiger partial charge in [0.1, 0.15) is 5.69 Å². The Morgan fingerprint density at radius 1 is 1.39 bits per heavy atom. The van der Waals surface area contributed by atoms with Gasteiger partial charge in [-0.1, -0.05) is 24.2 Å². The number of para-hydroxylation sites is 1. The lowest BCUT2D eigenvalue weighted by atomic mass is 10.0. The summed E-state index contributed by atoms with van der Waals surface area (Å²) < 4.78 is 5.18. The zero-order valence-electron chi connectivity index (χ0n) is 11.0. The second-order valence-corrected chi connectivity index (χ2v) is 5.09. The monoisotopic (exact) mass is 246 g/mol. The van der Waals surface area contributed by atoms with Crippen LogP contribution in [0.2, 0.25) is 0 Å². The highest BCUT2D eigenvalue weighted by Gasteiger charge is 2.19. The van der Waals surface area contributed by atoms with Crippen molar-refractivity contribution in [3.8, 4) is 0 Å². The summed E-state index contributed by atoms with van der Waals surface area (Å²) in [6.07, 6.45) is 1.14. The Balaban J connectivity index is 2.12. The van der Waals surface area contributed by atoms with Crippen molar-refractivity contribution < 1.29 is 9.32 Å². The van der Waals surface area contributed by atoms with Gasteiger partial charge in [0.25, 0.3) is 0 Å². The highest BCUT2D eigenvalue weighted by molar-refractivity contribution is 5.86. The van der Waals surface area contributed by atoms with Crippen molar-refractivity contribution in [3.63, 3.8) is 0 Å². The van der Waals surface area contributed by atoms with Crippen LogP contribution in [0.5, 0.6) is 0 Å². The van der Waals surface area contributed by atoms with E-state index in [-0.39, 0.29) is 17.9 Å². The Morgan fingerprint density at radius 3 is 2.83 bits per heavy atom. The first kappa shape index (κ1) is 12.6. The van der Waals surface area contributed by atoms with Crippen LogP contribution in [0.15, 0.2) is 28.8 Å². The summed E-state index contributed by atoms with van der Waals surface area (Å²) in [6.45, 7) is 6.06. The molecule has 0 atom stereocenters. The van der Waals surface area contributed by atoms with E-state index < -0.39 is 0 Å². The van der Waals surface area contributed by atoms with Gasteiger partial charge in [0.05, 0.1) is 6.42 Å². The molecule has 96 valence electrons. The maximum absolute atomic E-state index is 11.9. The lowest BCUT2D eigenvalue weighted by Gasteiger charge is -2.24. The number of carbonyl (C=O) groups excluding carboxylic acids is 1. The van der Waals surface area contributed by atoms with Crippen molar-refractivity contribution >= 4 is 16.9 Å². The largest absolute Gasteiger partial charge is 0.356 e.